The Balaban J connectivity index is 1.61. The number of rotatable bonds is 10. The van der Waals surface area contributed by atoms with Gasteiger partial charge < -0.3 is 23.7 Å². The molecular formula is C22H22O9. The van der Waals surface area contributed by atoms with Crippen LogP contribution in [0.3, 0.4) is 0 Å². The zero-order chi connectivity index (χ0) is 22.6. The van der Waals surface area contributed by atoms with E-state index in [9.17, 15) is 19.2 Å². The number of benzene rings is 2. The van der Waals surface area contributed by atoms with E-state index in [0.717, 1.165) is 0 Å². The molecule has 0 spiro atoms. The van der Waals surface area contributed by atoms with Crippen molar-refractivity contribution < 1.29 is 42.9 Å². The molecule has 2 aromatic carbocycles. The van der Waals surface area contributed by atoms with Crippen LogP contribution in [0.1, 0.15) is 41.4 Å². The third-order valence-corrected chi connectivity index (χ3v) is 4.01. The van der Waals surface area contributed by atoms with Gasteiger partial charge in [-0.05, 0) is 48.5 Å². The van der Waals surface area contributed by atoms with Gasteiger partial charge >= 0.3 is 23.9 Å². The van der Waals surface area contributed by atoms with Gasteiger partial charge in [-0.25, -0.2) is 19.2 Å². The molecule has 2 rings (SSSR count). The third kappa shape index (κ3) is 7.23. The quantitative estimate of drug-likeness (QED) is 0.318. The van der Waals surface area contributed by atoms with Gasteiger partial charge in [0.05, 0.1) is 49.7 Å². The molecule has 0 unspecified atom stereocenters. The average molecular weight is 430 g/mol. The number of esters is 4. The van der Waals surface area contributed by atoms with Crippen molar-refractivity contribution in [2.45, 2.75) is 0 Å². The van der Waals surface area contributed by atoms with Gasteiger partial charge in [-0.3, -0.25) is 0 Å². The van der Waals surface area contributed by atoms with Gasteiger partial charge in [0.25, 0.3) is 0 Å². The van der Waals surface area contributed by atoms with Gasteiger partial charge in [0.2, 0.25) is 0 Å². The number of carbonyl (C=O) groups is 4. The Bertz CT molecular complexity index is 826. The van der Waals surface area contributed by atoms with Crippen LogP contribution in [-0.4, -0.2) is 64.5 Å². The third-order valence-electron chi connectivity index (χ3n) is 4.01. The summed E-state index contributed by atoms with van der Waals surface area (Å²) in [6.45, 7) is 0.274. The van der Waals surface area contributed by atoms with Crippen LogP contribution in [-0.2, 0) is 23.7 Å². The Morgan fingerprint density at radius 2 is 0.806 bits per heavy atom. The number of methoxy groups -OCH3 is 2. The minimum Gasteiger partial charge on any atom is -0.465 e. The van der Waals surface area contributed by atoms with Crippen LogP contribution in [0.25, 0.3) is 0 Å². The zero-order valence-corrected chi connectivity index (χ0v) is 17.1. The highest BCUT2D eigenvalue weighted by atomic mass is 16.6. The second-order valence-corrected chi connectivity index (χ2v) is 6.02. The van der Waals surface area contributed by atoms with E-state index in [2.05, 4.69) is 9.47 Å². The smallest absolute Gasteiger partial charge is 0.338 e. The maximum atomic E-state index is 11.9. The van der Waals surface area contributed by atoms with E-state index in [1.807, 2.05) is 0 Å². The molecule has 9 nitrogen and oxygen atoms in total. The molecule has 0 aliphatic rings. The molecule has 0 radical (unpaired) electrons. The first-order valence-electron chi connectivity index (χ1n) is 9.25. The fourth-order valence-electron chi connectivity index (χ4n) is 2.38. The van der Waals surface area contributed by atoms with Crippen molar-refractivity contribution in [3.8, 4) is 0 Å². The number of carbonyl (C=O) groups excluding carboxylic acids is 4. The summed E-state index contributed by atoms with van der Waals surface area (Å²) in [6, 6.07) is 11.7. The van der Waals surface area contributed by atoms with E-state index in [1.165, 1.54) is 62.8 Å². The summed E-state index contributed by atoms with van der Waals surface area (Å²) in [7, 11) is 2.55. The molecule has 164 valence electrons. The summed E-state index contributed by atoms with van der Waals surface area (Å²) < 4.78 is 24.6. The molecule has 31 heavy (non-hydrogen) atoms. The van der Waals surface area contributed by atoms with Crippen molar-refractivity contribution in [2.75, 3.05) is 40.6 Å². The molecule has 0 fully saturated rings. The van der Waals surface area contributed by atoms with Crippen molar-refractivity contribution in [1.29, 1.82) is 0 Å². The van der Waals surface area contributed by atoms with Crippen LogP contribution < -0.4 is 0 Å². The molecule has 0 N–H and O–H groups in total. The van der Waals surface area contributed by atoms with Crippen LogP contribution in [0.4, 0.5) is 0 Å². The maximum Gasteiger partial charge on any atom is 0.338 e. The molecule has 9 heteroatoms. The molecule has 0 bridgehead atoms. The first-order chi connectivity index (χ1) is 15.0. The Morgan fingerprint density at radius 1 is 0.516 bits per heavy atom. The summed E-state index contributed by atoms with van der Waals surface area (Å²) in [4.78, 5) is 46.6. The van der Waals surface area contributed by atoms with Crippen molar-refractivity contribution >= 4 is 23.9 Å². The number of ether oxygens (including phenoxy) is 5. The second-order valence-electron chi connectivity index (χ2n) is 6.02. The van der Waals surface area contributed by atoms with E-state index in [0.29, 0.717) is 22.3 Å². The fraction of sp³-hybridized carbons (Fsp3) is 0.273. The Labute approximate surface area is 178 Å². The molecule has 0 saturated heterocycles. The highest BCUT2D eigenvalue weighted by molar-refractivity contribution is 5.94. The normalized spacial score (nSPS) is 10.1. The lowest BCUT2D eigenvalue weighted by Crippen LogP contribution is -2.15. The van der Waals surface area contributed by atoms with Gasteiger partial charge in [-0.2, -0.15) is 0 Å². The van der Waals surface area contributed by atoms with Crippen LogP contribution in [0.2, 0.25) is 0 Å². The van der Waals surface area contributed by atoms with Crippen molar-refractivity contribution in [3.05, 3.63) is 70.8 Å². The van der Waals surface area contributed by atoms with E-state index >= 15 is 0 Å². The first-order valence-corrected chi connectivity index (χ1v) is 9.25. The lowest BCUT2D eigenvalue weighted by atomic mass is 10.1. The topological polar surface area (TPSA) is 114 Å². The summed E-state index contributed by atoms with van der Waals surface area (Å²) in [5.74, 6) is -2.09. The van der Waals surface area contributed by atoms with Crippen molar-refractivity contribution in [2.24, 2.45) is 0 Å². The lowest BCUT2D eigenvalue weighted by Gasteiger charge is -2.08. The summed E-state index contributed by atoms with van der Waals surface area (Å²) in [6.07, 6.45) is 0. The Morgan fingerprint density at radius 3 is 1.10 bits per heavy atom. The average Bonchev–Trinajstić information content (AvgIpc) is 2.82. The summed E-state index contributed by atoms with van der Waals surface area (Å²) in [5, 5.41) is 0. The maximum absolute atomic E-state index is 11.9. The summed E-state index contributed by atoms with van der Waals surface area (Å²) in [5.41, 5.74) is 1.24. The monoisotopic (exact) mass is 430 g/mol. The molecular weight excluding hydrogens is 408 g/mol. The zero-order valence-electron chi connectivity index (χ0n) is 17.1. The molecule has 0 aliphatic heterocycles. The van der Waals surface area contributed by atoms with Crippen molar-refractivity contribution in [3.63, 3.8) is 0 Å². The predicted molar refractivity (Wildman–Crippen MR) is 107 cm³/mol. The first kappa shape index (κ1) is 23.6. The van der Waals surface area contributed by atoms with Crippen LogP contribution in [0, 0.1) is 0 Å². The summed E-state index contributed by atoms with van der Waals surface area (Å²) >= 11 is 0. The predicted octanol–water partition coefficient (Wildman–Crippen LogP) is 2.29. The minimum absolute atomic E-state index is 0.0144. The van der Waals surface area contributed by atoms with E-state index in [4.69, 9.17) is 14.2 Å². The Hall–Kier alpha value is -3.72. The van der Waals surface area contributed by atoms with Crippen LogP contribution in [0.5, 0.6) is 0 Å². The highest BCUT2D eigenvalue weighted by Crippen LogP contribution is 2.08. The van der Waals surface area contributed by atoms with Crippen molar-refractivity contribution in [1.82, 2.24) is 0 Å². The lowest BCUT2D eigenvalue weighted by molar-refractivity contribution is 0.0150. The highest BCUT2D eigenvalue weighted by Gasteiger charge is 2.11. The number of hydrogen-bond donors (Lipinski definition) is 0. The molecule has 0 amide bonds. The van der Waals surface area contributed by atoms with Crippen LogP contribution >= 0.6 is 0 Å². The van der Waals surface area contributed by atoms with Gasteiger partial charge in [0.1, 0.15) is 13.2 Å². The SMILES string of the molecule is COC(=O)c1ccc(C(=O)OCCOCCOC(=O)c2ccc(C(=O)OC)cc2)cc1. The molecule has 2 aromatic rings. The van der Waals surface area contributed by atoms with E-state index < -0.39 is 23.9 Å². The minimum atomic E-state index is -0.554. The second kappa shape index (κ2) is 12.1. The molecule has 0 atom stereocenters. The molecule has 0 aromatic heterocycles. The van der Waals surface area contributed by atoms with Gasteiger partial charge in [0, 0.05) is 0 Å². The van der Waals surface area contributed by atoms with Gasteiger partial charge in [0.15, 0.2) is 0 Å². The van der Waals surface area contributed by atoms with Gasteiger partial charge in [-0.1, -0.05) is 0 Å². The molecule has 0 aliphatic carbocycles. The largest absolute Gasteiger partial charge is 0.465 e. The Kier molecular flexibility index (Phi) is 9.18. The van der Waals surface area contributed by atoms with Crippen LogP contribution in [0.15, 0.2) is 48.5 Å². The molecule has 0 saturated carbocycles. The van der Waals surface area contributed by atoms with E-state index in [-0.39, 0.29) is 26.4 Å². The fourth-order valence-corrected chi connectivity index (χ4v) is 2.38. The van der Waals surface area contributed by atoms with E-state index in [1.54, 1.807) is 0 Å². The number of hydrogen-bond acceptors (Lipinski definition) is 9. The standard InChI is InChI=1S/C22H22O9/c1-27-19(23)15-3-7-17(8-4-15)21(25)30-13-11-29-12-14-31-22(26)18-9-5-16(6-10-18)20(24)28-2/h3-10H,11-14H2,1-2H3. The van der Waals surface area contributed by atoms with Gasteiger partial charge in [-0.15, -0.1) is 0 Å². The molecule has 0 heterocycles.